The first kappa shape index (κ1) is 15.5. The van der Waals surface area contributed by atoms with Gasteiger partial charge in [0.05, 0.1) is 11.4 Å². The molecule has 0 aliphatic carbocycles. The number of hydrogen-bond acceptors (Lipinski definition) is 4. The molecule has 1 saturated heterocycles. The first-order valence-electron chi connectivity index (χ1n) is 7.78. The van der Waals surface area contributed by atoms with Crippen LogP contribution in [-0.4, -0.2) is 40.1 Å². The number of nitrogens with zero attached hydrogens (tertiary/aromatic N) is 3. The molecule has 2 aromatic rings. The van der Waals surface area contributed by atoms with E-state index in [-0.39, 0.29) is 12.1 Å². The SMILES string of the molecule is Cn1nccc1-c1ccc(CNC(=O)NC2CCOCC2)cn1. The third kappa shape index (κ3) is 4.07. The van der Waals surface area contributed by atoms with Crippen molar-refractivity contribution in [2.24, 2.45) is 7.05 Å². The van der Waals surface area contributed by atoms with Crippen molar-refractivity contribution in [2.45, 2.75) is 25.4 Å². The van der Waals surface area contributed by atoms with Crippen molar-refractivity contribution in [3.05, 3.63) is 36.2 Å². The van der Waals surface area contributed by atoms with E-state index in [1.54, 1.807) is 17.1 Å². The minimum atomic E-state index is -0.146. The number of carbonyl (C=O) groups is 1. The lowest BCUT2D eigenvalue weighted by Crippen LogP contribution is -2.44. The highest BCUT2D eigenvalue weighted by Crippen LogP contribution is 2.15. The molecule has 2 amide bonds. The number of carbonyl (C=O) groups excluding carboxylic acids is 1. The summed E-state index contributed by atoms with van der Waals surface area (Å²) in [5.41, 5.74) is 2.78. The summed E-state index contributed by atoms with van der Waals surface area (Å²) in [6, 6.07) is 5.87. The Morgan fingerprint density at radius 3 is 2.83 bits per heavy atom. The molecule has 0 atom stereocenters. The third-order valence-electron chi connectivity index (χ3n) is 3.92. The lowest BCUT2D eigenvalue weighted by atomic mass is 10.1. The fourth-order valence-corrected chi connectivity index (χ4v) is 2.57. The molecule has 0 radical (unpaired) electrons. The number of amides is 2. The number of urea groups is 1. The molecule has 0 unspecified atom stereocenters. The summed E-state index contributed by atoms with van der Waals surface area (Å²) in [6.45, 7) is 1.88. The maximum Gasteiger partial charge on any atom is 0.315 e. The van der Waals surface area contributed by atoms with Gasteiger partial charge in [0, 0.05) is 45.2 Å². The summed E-state index contributed by atoms with van der Waals surface area (Å²) in [5.74, 6) is 0. The van der Waals surface area contributed by atoms with Crippen LogP contribution in [0.3, 0.4) is 0 Å². The number of ether oxygens (including phenoxy) is 1. The highest BCUT2D eigenvalue weighted by Gasteiger charge is 2.15. The predicted octanol–water partition coefficient (Wildman–Crippen LogP) is 1.46. The van der Waals surface area contributed by atoms with Crippen molar-refractivity contribution in [1.29, 1.82) is 0 Å². The zero-order valence-electron chi connectivity index (χ0n) is 13.2. The Morgan fingerprint density at radius 1 is 1.35 bits per heavy atom. The van der Waals surface area contributed by atoms with E-state index >= 15 is 0 Å². The van der Waals surface area contributed by atoms with Gasteiger partial charge in [-0.1, -0.05) is 6.07 Å². The molecule has 7 nitrogen and oxygen atoms in total. The van der Waals surface area contributed by atoms with Gasteiger partial charge in [-0.25, -0.2) is 4.79 Å². The molecule has 3 rings (SSSR count). The Hall–Kier alpha value is -2.41. The van der Waals surface area contributed by atoms with Gasteiger partial charge < -0.3 is 15.4 Å². The average molecular weight is 315 g/mol. The summed E-state index contributed by atoms with van der Waals surface area (Å²) >= 11 is 0. The van der Waals surface area contributed by atoms with Crippen molar-refractivity contribution in [3.63, 3.8) is 0 Å². The number of nitrogens with one attached hydrogen (secondary N) is 2. The lowest BCUT2D eigenvalue weighted by molar-refractivity contribution is 0.0801. The molecule has 7 heteroatoms. The van der Waals surface area contributed by atoms with Gasteiger partial charge in [-0.2, -0.15) is 5.10 Å². The van der Waals surface area contributed by atoms with Crippen molar-refractivity contribution < 1.29 is 9.53 Å². The Kier molecular flexibility index (Phi) is 4.87. The molecule has 2 N–H and O–H groups in total. The monoisotopic (exact) mass is 315 g/mol. The Bertz CT molecular complexity index is 647. The largest absolute Gasteiger partial charge is 0.381 e. The number of pyridine rings is 1. The Labute approximate surface area is 135 Å². The second-order valence-corrected chi connectivity index (χ2v) is 5.61. The predicted molar refractivity (Wildman–Crippen MR) is 85.7 cm³/mol. The van der Waals surface area contributed by atoms with Crippen LogP contribution in [0.4, 0.5) is 4.79 Å². The Balaban J connectivity index is 1.50. The van der Waals surface area contributed by atoms with Crippen LogP contribution in [0.1, 0.15) is 18.4 Å². The van der Waals surface area contributed by atoms with Gasteiger partial charge in [-0.15, -0.1) is 0 Å². The van der Waals surface area contributed by atoms with Crippen LogP contribution in [0.2, 0.25) is 0 Å². The minimum Gasteiger partial charge on any atom is -0.381 e. The van der Waals surface area contributed by atoms with Crippen molar-refractivity contribution in [3.8, 4) is 11.4 Å². The van der Waals surface area contributed by atoms with Crippen molar-refractivity contribution >= 4 is 6.03 Å². The van der Waals surface area contributed by atoms with Crippen LogP contribution in [0.25, 0.3) is 11.4 Å². The number of rotatable bonds is 4. The third-order valence-corrected chi connectivity index (χ3v) is 3.92. The molecule has 1 aliphatic heterocycles. The Morgan fingerprint density at radius 2 is 2.17 bits per heavy atom. The summed E-state index contributed by atoms with van der Waals surface area (Å²) in [6.07, 6.45) is 5.26. The lowest BCUT2D eigenvalue weighted by Gasteiger charge is -2.23. The molecule has 23 heavy (non-hydrogen) atoms. The molecule has 122 valence electrons. The molecule has 3 heterocycles. The van der Waals surface area contributed by atoms with E-state index in [0.29, 0.717) is 19.8 Å². The second kappa shape index (κ2) is 7.23. The topological polar surface area (TPSA) is 81.1 Å². The molecular formula is C16H21N5O2. The van der Waals surface area contributed by atoms with E-state index < -0.39 is 0 Å². The van der Waals surface area contributed by atoms with Crippen LogP contribution in [0.5, 0.6) is 0 Å². The normalized spacial score (nSPS) is 15.3. The van der Waals surface area contributed by atoms with Gasteiger partial charge >= 0.3 is 6.03 Å². The van der Waals surface area contributed by atoms with Crippen LogP contribution in [-0.2, 0) is 18.3 Å². The first-order chi connectivity index (χ1) is 11.2. The van der Waals surface area contributed by atoms with Gasteiger partial charge in [0.1, 0.15) is 0 Å². The summed E-state index contributed by atoms with van der Waals surface area (Å²) in [7, 11) is 1.88. The van der Waals surface area contributed by atoms with E-state index in [1.807, 2.05) is 25.2 Å². The molecule has 0 saturated carbocycles. The maximum atomic E-state index is 11.9. The molecule has 1 fully saturated rings. The average Bonchev–Trinajstić information content (AvgIpc) is 3.00. The summed E-state index contributed by atoms with van der Waals surface area (Å²) in [4.78, 5) is 16.3. The zero-order valence-corrected chi connectivity index (χ0v) is 13.2. The van der Waals surface area contributed by atoms with Crippen LogP contribution in [0, 0.1) is 0 Å². The quantitative estimate of drug-likeness (QED) is 0.895. The van der Waals surface area contributed by atoms with Gasteiger partial charge in [-0.3, -0.25) is 9.67 Å². The number of aromatic nitrogens is 3. The first-order valence-corrected chi connectivity index (χ1v) is 7.78. The van der Waals surface area contributed by atoms with Crippen LogP contribution < -0.4 is 10.6 Å². The summed E-state index contributed by atoms with van der Waals surface area (Å²) in [5, 5.41) is 9.96. The van der Waals surface area contributed by atoms with Crippen LogP contribution in [0.15, 0.2) is 30.6 Å². The van der Waals surface area contributed by atoms with E-state index in [0.717, 1.165) is 29.8 Å². The molecular weight excluding hydrogens is 294 g/mol. The van der Waals surface area contributed by atoms with Gasteiger partial charge in [0.15, 0.2) is 0 Å². The number of hydrogen-bond donors (Lipinski definition) is 2. The molecule has 2 aromatic heterocycles. The smallest absolute Gasteiger partial charge is 0.315 e. The molecule has 0 spiro atoms. The molecule has 1 aliphatic rings. The van der Waals surface area contributed by atoms with Crippen molar-refractivity contribution in [1.82, 2.24) is 25.4 Å². The van der Waals surface area contributed by atoms with Crippen molar-refractivity contribution in [2.75, 3.05) is 13.2 Å². The fraction of sp³-hybridized carbons (Fsp3) is 0.438. The van der Waals surface area contributed by atoms with Gasteiger partial charge in [0.2, 0.25) is 0 Å². The summed E-state index contributed by atoms with van der Waals surface area (Å²) < 4.78 is 7.05. The second-order valence-electron chi connectivity index (χ2n) is 5.61. The van der Waals surface area contributed by atoms with E-state index in [2.05, 4.69) is 20.7 Å². The zero-order chi connectivity index (χ0) is 16.1. The van der Waals surface area contributed by atoms with E-state index in [4.69, 9.17) is 4.74 Å². The van der Waals surface area contributed by atoms with Gasteiger partial charge in [0.25, 0.3) is 0 Å². The number of aryl methyl sites for hydroxylation is 1. The van der Waals surface area contributed by atoms with E-state index in [1.165, 1.54) is 0 Å². The fourth-order valence-electron chi connectivity index (χ4n) is 2.57. The molecule has 0 bridgehead atoms. The highest BCUT2D eigenvalue weighted by atomic mass is 16.5. The molecule has 0 aromatic carbocycles. The standard InChI is InChI=1S/C16H21N5O2/c1-21-15(4-7-19-21)14-3-2-12(10-17-14)11-18-16(22)20-13-5-8-23-9-6-13/h2-4,7,10,13H,5-6,8-9,11H2,1H3,(H2,18,20,22). The maximum absolute atomic E-state index is 11.9. The van der Waals surface area contributed by atoms with Gasteiger partial charge in [-0.05, 0) is 30.5 Å². The van der Waals surface area contributed by atoms with E-state index in [9.17, 15) is 4.79 Å². The van der Waals surface area contributed by atoms with Crippen LogP contribution >= 0.6 is 0 Å². The minimum absolute atomic E-state index is 0.146. The highest BCUT2D eigenvalue weighted by molar-refractivity contribution is 5.74.